The van der Waals surface area contributed by atoms with E-state index in [-0.39, 0.29) is 5.91 Å². The second kappa shape index (κ2) is 10.9. The van der Waals surface area contributed by atoms with Gasteiger partial charge in [0.05, 0.1) is 6.21 Å². The van der Waals surface area contributed by atoms with Crippen LogP contribution in [-0.4, -0.2) is 17.1 Å². The lowest BCUT2D eigenvalue weighted by Gasteiger charge is -2.34. The van der Waals surface area contributed by atoms with E-state index in [1.54, 1.807) is 35.7 Å². The molecule has 0 bridgehead atoms. The Labute approximate surface area is 181 Å². The maximum atomic E-state index is 12.1. The molecule has 1 amide bonds. The molecular weight excluding hydrogens is 370 g/mol. The summed E-state index contributed by atoms with van der Waals surface area (Å²) in [4.78, 5) is 16.1. The maximum Gasteiger partial charge on any atom is 0.271 e. The smallest absolute Gasteiger partial charge is 0.267 e. The Morgan fingerprint density at radius 3 is 2.73 bits per heavy atom. The maximum absolute atomic E-state index is 12.1. The number of nitrogens with one attached hydrogen (secondary N) is 1. The summed E-state index contributed by atoms with van der Waals surface area (Å²) in [6.45, 7) is 13.0. The number of carbonyl (C=O) groups is 1. The fourth-order valence-electron chi connectivity index (χ4n) is 3.80. The molecule has 0 radical (unpaired) electrons. The van der Waals surface area contributed by atoms with Gasteiger partial charge < -0.3 is 0 Å². The number of hydrogen-bond acceptors (Lipinski definition) is 3. The number of hydrogen-bond donors (Lipinski definition) is 1. The number of aromatic nitrogens is 1. The van der Waals surface area contributed by atoms with Gasteiger partial charge in [-0.15, -0.1) is 0 Å². The van der Waals surface area contributed by atoms with Crippen LogP contribution < -0.4 is 5.43 Å². The minimum Gasteiger partial charge on any atom is -0.267 e. The molecule has 0 fully saturated rings. The molecule has 0 unspecified atom stereocenters. The minimum absolute atomic E-state index is 0.242. The first-order valence-electron chi connectivity index (χ1n) is 10.7. The van der Waals surface area contributed by atoms with Gasteiger partial charge in [0.25, 0.3) is 5.91 Å². The van der Waals surface area contributed by atoms with Crippen LogP contribution in [0.2, 0.25) is 0 Å². The molecule has 0 aromatic carbocycles. The first-order chi connectivity index (χ1) is 14.2. The molecule has 4 heteroatoms. The number of amides is 1. The standard InChI is InChI=1S/C26H35N3O/c1-19(12-13-24-21(3)11-8-15-26(24,5)6)9-7-10-20(2)18-28-29-25(30)23-14-16-27-22(4)17-23/h7,9-10,12,14,16-18H,8,11,13,15H2,1-6H3,(H,29,30)/b9-7+,19-12+,20-10+,28-18-. The zero-order valence-corrected chi connectivity index (χ0v) is 19.2. The van der Waals surface area contributed by atoms with Gasteiger partial charge in [-0.25, -0.2) is 5.43 Å². The van der Waals surface area contributed by atoms with E-state index >= 15 is 0 Å². The topological polar surface area (TPSA) is 54.4 Å². The summed E-state index contributed by atoms with van der Waals surface area (Å²) < 4.78 is 0. The predicted molar refractivity (Wildman–Crippen MR) is 127 cm³/mol. The van der Waals surface area contributed by atoms with Crippen LogP contribution in [-0.2, 0) is 0 Å². The monoisotopic (exact) mass is 405 g/mol. The third-order valence-electron chi connectivity index (χ3n) is 5.63. The lowest BCUT2D eigenvalue weighted by molar-refractivity contribution is 0.0955. The first-order valence-corrected chi connectivity index (χ1v) is 10.7. The van der Waals surface area contributed by atoms with Crippen molar-refractivity contribution in [3.63, 3.8) is 0 Å². The van der Waals surface area contributed by atoms with E-state index < -0.39 is 0 Å². The highest BCUT2D eigenvalue weighted by molar-refractivity contribution is 5.94. The van der Waals surface area contributed by atoms with Crippen LogP contribution in [0.25, 0.3) is 0 Å². The Kier molecular flexibility index (Phi) is 8.52. The summed E-state index contributed by atoms with van der Waals surface area (Å²) in [5.41, 5.74) is 9.58. The van der Waals surface area contributed by atoms with Gasteiger partial charge in [-0.2, -0.15) is 5.10 Å². The average molecular weight is 406 g/mol. The molecule has 1 aliphatic rings. The molecule has 30 heavy (non-hydrogen) atoms. The van der Waals surface area contributed by atoms with Crippen LogP contribution in [0.1, 0.15) is 76.4 Å². The average Bonchev–Trinajstić information content (AvgIpc) is 2.67. The molecule has 1 N–H and O–H groups in total. The molecule has 0 aliphatic heterocycles. The molecule has 0 saturated heterocycles. The first kappa shape index (κ1) is 23.5. The normalized spacial score (nSPS) is 17.8. The molecule has 0 saturated carbocycles. The summed E-state index contributed by atoms with van der Waals surface area (Å²) >= 11 is 0. The van der Waals surface area contributed by atoms with Crippen molar-refractivity contribution in [2.45, 2.75) is 67.2 Å². The molecule has 1 aromatic rings. The lowest BCUT2D eigenvalue weighted by atomic mass is 9.71. The zero-order chi connectivity index (χ0) is 22.1. The van der Waals surface area contributed by atoms with Gasteiger partial charge in [0.2, 0.25) is 0 Å². The lowest BCUT2D eigenvalue weighted by Crippen LogP contribution is -2.20. The summed E-state index contributed by atoms with van der Waals surface area (Å²) in [6, 6.07) is 3.40. The van der Waals surface area contributed by atoms with Crippen LogP contribution >= 0.6 is 0 Å². The van der Waals surface area contributed by atoms with Crippen molar-refractivity contribution in [2.75, 3.05) is 0 Å². The van der Waals surface area contributed by atoms with Crippen LogP contribution in [0.15, 0.2) is 70.0 Å². The van der Waals surface area contributed by atoms with E-state index in [9.17, 15) is 4.79 Å². The van der Waals surface area contributed by atoms with Gasteiger partial charge in [-0.1, -0.05) is 54.9 Å². The van der Waals surface area contributed by atoms with Crippen molar-refractivity contribution in [3.8, 4) is 0 Å². The van der Waals surface area contributed by atoms with E-state index in [4.69, 9.17) is 0 Å². The number of allylic oxidation sites excluding steroid dienone is 8. The summed E-state index contributed by atoms with van der Waals surface area (Å²) in [6.07, 6.45) is 16.5. The van der Waals surface area contributed by atoms with Gasteiger partial charge >= 0.3 is 0 Å². The summed E-state index contributed by atoms with van der Waals surface area (Å²) in [5, 5.41) is 4.03. The minimum atomic E-state index is -0.242. The summed E-state index contributed by atoms with van der Waals surface area (Å²) in [5.74, 6) is -0.242. The van der Waals surface area contributed by atoms with Crippen LogP contribution in [0.5, 0.6) is 0 Å². The number of rotatable bonds is 7. The largest absolute Gasteiger partial charge is 0.271 e. The molecule has 0 spiro atoms. The van der Waals surface area contributed by atoms with E-state index in [1.165, 1.54) is 24.8 Å². The third-order valence-corrected chi connectivity index (χ3v) is 5.63. The quantitative estimate of drug-likeness (QED) is 0.244. The van der Waals surface area contributed by atoms with Gasteiger partial charge in [-0.3, -0.25) is 9.78 Å². The molecule has 1 aliphatic carbocycles. The fourth-order valence-corrected chi connectivity index (χ4v) is 3.80. The van der Waals surface area contributed by atoms with Gasteiger partial charge in [0.1, 0.15) is 0 Å². The second-order valence-electron chi connectivity index (χ2n) is 8.80. The number of aryl methyl sites for hydroxylation is 1. The van der Waals surface area contributed by atoms with Gasteiger partial charge in [0, 0.05) is 17.5 Å². The van der Waals surface area contributed by atoms with Crippen molar-refractivity contribution in [1.29, 1.82) is 0 Å². The Morgan fingerprint density at radius 2 is 2.03 bits per heavy atom. The van der Waals surface area contributed by atoms with Gasteiger partial charge in [0.15, 0.2) is 0 Å². The Balaban J connectivity index is 1.88. The molecule has 160 valence electrons. The van der Waals surface area contributed by atoms with E-state index in [0.717, 1.165) is 17.7 Å². The zero-order valence-electron chi connectivity index (χ0n) is 19.2. The Bertz CT molecular complexity index is 914. The molecule has 4 nitrogen and oxygen atoms in total. The highest BCUT2D eigenvalue weighted by atomic mass is 16.2. The molecule has 2 rings (SSSR count). The Hall–Kier alpha value is -2.75. The van der Waals surface area contributed by atoms with Gasteiger partial charge in [-0.05, 0) is 76.5 Å². The van der Waals surface area contributed by atoms with Crippen molar-refractivity contribution in [1.82, 2.24) is 10.4 Å². The molecule has 0 atom stereocenters. The van der Waals surface area contributed by atoms with E-state index in [1.807, 2.05) is 26.0 Å². The highest BCUT2D eigenvalue weighted by Crippen LogP contribution is 2.41. The van der Waals surface area contributed by atoms with E-state index in [2.05, 4.69) is 55.4 Å². The number of hydrazone groups is 1. The Morgan fingerprint density at radius 1 is 1.27 bits per heavy atom. The van der Waals surface area contributed by atoms with Crippen LogP contribution in [0, 0.1) is 12.3 Å². The SMILES string of the molecule is CC1=C(C/C=C(C)/C=C/C=C(C)/C=N\NC(=O)c2ccnc(C)c2)C(C)(C)CCC1. The molecule has 1 aromatic heterocycles. The number of pyridine rings is 1. The fraction of sp³-hybridized carbons (Fsp3) is 0.423. The van der Waals surface area contributed by atoms with Crippen molar-refractivity contribution in [2.24, 2.45) is 10.5 Å². The van der Waals surface area contributed by atoms with Crippen molar-refractivity contribution >= 4 is 12.1 Å². The summed E-state index contributed by atoms with van der Waals surface area (Å²) in [7, 11) is 0. The van der Waals surface area contributed by atoms with Crippen LogP contribution in [0.4, 0.5) is 0 Å². The molecule has 1 heterocycles. The predicted octanol–water partition coefficient (Wildman–Crippen LogP) is 6.47. The van der Waals surface area contributed by atoms with Crippen molar-refractivity contribution in [3.05, 3.63) is 76.2 Å². The highest BCUT2D eigenvalue weighted by Gasteiger charge is 2.27. The van der Waals surface area contributed by atoms with Crippen molar-refractivity contribution < 1.29 is 4.79 Å². The third kappa shape index (κ3) is 7.25. The van der Waals surface area contributed by atoms with E-state index in [0.29, 0.717) is 11.0 Å². The number of carbonyl (C=O) groups excluding carboxylic acids is 1. The number of nitrogens with zero attached hydrogens (tertiary/aromatic N) is 2. The second-order valence-corrected chi connectivity index (χ2v) is 8.80. The van der Waals surface area contributed by atoms with Crippen LogP contribution in [0.3, 0.4) is 0 Å². The molecular formula is C26H35N3O.